The zero-order valence-electron chi connectivity index (χ0n) is 13.7. The molecule has 128 valence electrons. The van der Waals surface area contributed by atoms with Crippen molar-refractivity contribution in [2.24, 2.45) is 5.92 Å². The van der Waals surface area contributed by atoms with Crippen LogP contribution in [-0.2, 0) is 14.8 Å². The Balaban J connectivity index is 2.49. The van der Waals surface area contributed by atoms with E-state index in [4.69, 9.17) is 0 Å². The van der Waals surface area contributed by atoms with E-state index >= 15 is 0 Å². The van der Waals surface area contributed by atoms with E-state index in [2.05, 4.69) is 5.32 Å². The Morgan fingerprint density at radius 3 is 2.74 bits per heavy atom. The highest BCUT2D eigenvalue weighted by Gasteiger charge is 2.38. The normalized spacial score (nSPS) is 20.4. The maximum absolute atomic E-state index is 13.5. The molecule has 1 aromatic rings. The maximum Gasteiger partial charge on any atom is 0.244 e. The number of hydrogen-bond acceptors (Lipinski definition) is 3. The number of hydrogen-bond donors (Lipinski definition) is 1. The molecule has 7 heteroatoms. The molecule has 1 atom stereocenters. The number of rotatable bonds is 4. The summed E-state index contributed by atoms with van der Waals surface area (Å²) < 4.78 is 40.8. The SMILES string of the molecule is Cc1ccc(F)cc1S(=O)(=O)N1CCCNC(=O)C1CC(C)C. The molecule has 0 spiro atoms. The molecule has 1 heterocycles. The van der Waals surface area contributed by atoms with E-state index in [-0.39, 0.29) is 23.3 Å². The molecule has 0 saturated carbocycles. The van der Waals surface area contributed by atoms with Crippen LogP contribution < -0.4 is 5.32 Å². The first kappa shape index (κ1) is 17.9. The van der Waals surface area contributed by atoms with E-state index < -0.39 is 21.9 Å². The minimum atomic E-state index is -3.93. The van der Waals surface area contributed by atoms with Crippen molar-refractivity contribution in [3.8, 4) is 0 Å². The van der Waals surface area contributed by atoms with E-state index in [1.807, 2.05) is 13.8 Å². The summed E-state index contributed by atoms with van der Waals surface area (Å²) >= 11 is 0. The van der Waals surface area contributed by atoms with E-state index in [0.29, 0.717) is 24.9 Å². The third kappa shape index (κ3) is 3.90. The lowest BCUT2D eigenvalue weighted by Crippen LogP contribution is -2.47. The van der Waals surface area contributed by atoms with Crippen molar-refractivity contribution in [3.05, 3.63) is 29.6 Å². The second-order valence-electron chi connectivity index (χ2n) is 6.32. The van der Waals surface area contributed by atoms with E-state index in [0.717, 1.165) is 6.07 Å². The van der Waals surface area contributed by atoms with Gasteiger partial charge in [-0.05, 0) is 43.4 Å². The number of carbonyl (C=O) groups is 1. The van der Waals surface area contributed by atoms with Gasteiger partial charge in [0.2, 0.25) is 15.9 Å². The monoisotopic (exact) mass is 342 g/mol. The molecule has 0 aromatic heterocycles. The molecule has 1 aliphatic heterocycles. The van der Waals surface area contributed by atoms with E-state index in [1.165, 1.54) is 16.4 Å². The molecule has 1 aromatic carbocycles. The van der Waals surface area contributed by atoms with Gasteiger partial charge in [-0.15, -0.1) is 0 Å². The first-order chi connectivity index (χ1) is 10.7. The second kappa shape index (κ2) is 6.97. The zero-order valence-corrected chi connectivity index (χ0v) is 14.5. The third-order valence-electron chi connectivity index (χ3n) is 3.94. The standard InChI is InChI=1S/C16H23FN2O3S/c1-11(2)9-14-16(20)18-7-4-8-19(14)23(21,22)15-10-13(17)6-5-12(15)3/h5-6,10-11,14H,4,7-9H2,1-3H3,(H,18,20). The lowest BCUT2D eigenvalue weighted by Gasteiger charge is -2.29. The largest absolute Gasteiger partial charge is 0.355 e. The molecule has 5 nitrogen and oxygen atoms in total. The Kier molecular flexibility index (Phi) is 5.41. The van der Waals surface area contributed by atoms with Crippen molar-refractivity contribution in [1.82, 2.24) is 9.62 Å². The van der Waals surface area contributed by atoms with Gasteiger partial charge in [-0.2, -0.15) is 4.31 Å². The Bertz CT molecular complexity index is 689. The van der Waals surface area contributed by atoms with Gasteiger partial charge in [-0.1, -0.05) is 19.9 Å². The zero-order chi connectivity index (χ0) is 17.2. The highest BCUT2D eigenvalue weighted by molar-refractivity contribution is 7.89. The molecule has 1 aliphatic rings. The summed E-state index contributed by atoms with van der Waals surface area (Å²) in [5.74, 6) is -0.724. The molecule has 23 heavy (non-hydrogen) atoms. The molecule has 0 aliphatic carbocycles. The molecule has 0 radical (unpaired) electrons. The number of benzene rings is 1. The lowest BCUT2D eigenvalue weighted by atomic mass is 10.0. The highest BCUT2D eigenvalue weighted by Crippen LogP contribution is 2.26. The minimum Gasteiger partial charge on any atom is -0.355 e. The summed E-state index contributed by atoms with van der Waals surface area (Å²) in [6, 6.07) is 2.94. The molecule has 1 N–H and O–H groups in total. The number of aryl methyl sites for hydroxylation is 1. The molecule has 2 rings (SSSR count). The van der Waals surface area contributed by atoms with Crippen LogP contribution in [0.1, 0.15) is 32.3 Å². The van der Waals surface area contributed by atoms with Crippen molar-refractivity contribution in [3.63, 3.8) is 0 Å². The topological polar surface area (TPSA) is 66.5 Å². The quantitative estimate of drug-likeness (QED) is 0.911. The summed E-state index contributed by atoms with van der Waals surface area (Å²) in [6.45, 7) is 6.20. The average Bonchev–Trinajstić information content (AvgIpc) is 2.64. The Morgan fingerprint density at radius 2 is 2.09 bits per heavy atom. The van der Waals surface area contributed by atoms with Gasteiger partial charge in [0.25, 0.3) is 0 Å². The number of sulfonamides is 1. The molecular formula is C16H23FN2O3S. The summed E-state index contributed by atoms with van der Waals surface area (Å²) in [4.78, 5) is 12.2. The summed E-state index contributed by atoms with van der Waals surface area (Å²) in [6.07, 6.45) is 0.966. The van der Waals surface area contributed by atoms with Crippen molar-refractivity contribution in [1.29, 1.82) is 0 Å². The van der Waals surface area contributed by atoms with Gasteiger partial charge >= 0.3 is 0 Å². The fourth-order valence-corrected chi connectivity index (χ4v) is 4.66. The van der Waals surface area contributed by atoms with Crippen LogP contribution in [0.3, 0.4) is 0 Å². The van der Waals surface area contributed by atoms with Crippen LogP contribution in [0.5, 0.6) is 0 Å². The maximum atomic E-state index is 13.5. The number of carbonyl (C=O) groups excluding carboxylic acids is 1. The molecule has 1 unspecified atom stereocenters. The van der Waals surface area contributed by atoms with Gasteiger partial charge in [-0.3, -0.25) is 4.79 Å². The highest BCUT2D eigenvalue weighted by atomic mass is 32.2. The molecule has 1 saturated heterocycles. The fourth-order valence-electron chi connectivity index (χ4n) is 2.79. The Labute approximate surface area is 136 Å². The third-order valence-corrected chi connectivity index (χ3v) is 5.99. The summed E-state index contributed by atoms with van der Waals surface area (Å²) in [5.41, 5.74) is 0.472. The number of nitrogens with zero attached hydrogens (tertiary/aromatic N) is 1. The van der Waals surface area contributed by atoms with E-state index in [1.54, 1.807) is 6.92 Å². The molecular weight excluding hydrogens is 319 g/mol. The van der Waals surface area contributed by atoms with Crippen molar-refractivity contribution < 1.29 is 17.6 Å². The van der Waals surface area contributed by atoms with Crippen LogP contribution in [0.4, 0.5) is 4.39 Å². The van der Waals surface area contributed by atoms with Gasteiger partial charge < -0.3 is 5.32 Å². The number of halogens is 1. The van der Waals surface area contributed by atoms with Crippen molar-refractivity contribution in [2.75, 3.05) is 13.1 Å². The number of amides is 1. The number of nitrogens with one attached hydrogen (secondary N) is 1. The van der Waals surface area contributed by atoms with Gasteiger partial charge in [0.15, 0.2) is 0 Å². The minimum absolute atomic E-state index is 0.0686. The fraction of sp³-hybridized carbons (Fsp3) is 0.562. The summed E-state index contributed by atoms with van der Waals surface area (Å²) in [7, 11) is -3.93. The van der Waals surface area contributed by atoms with Crippen LogP contribution in [0.25, 0.3) is 0 Å². The smallest absolute Gasteiger partial charge is 0.244 e. The van der Waals surface area contributed by atoms with Gasteiger partial charge in [0.1, 0.15) is 11.9 Å². The van der Waals surface area contributed by atoms with Crippen LogP contribution in [0.2, 0.25) is 0 Å². The van der Waals surface area contributed by atoms with Crippen molar-refractivity contribution >= 4 is 15.9 Å². The first-order valence-electron chi connectivity index (χ1n) is 7.79. The van der Waals surface area contributed by atoms with Crippen LogP contribution in [0.15, 0.2) is 23.1 Å². The Morgan fingerprint density at radius 1 is 1.39 bits per heavy atom. The Hall–Kier alpha value is -1.47. The molecule has 1 amide bonds. The van der Waals surface area contributed by atoms with Crippen LogP contribution in [0, 0.1) is 18.7 Å². The molecule has 0 bridgehead atoms. The first-order valence-corrected chi connectivity index (χ1v) is 9.23. The second-order valence-corrected chi connectivity index (χ2v) is 8.17. The van der Waals surface area contributed by atoms with Crippen molar-refractivity contribution in [2.45, 2.75) is 44.6 Å². The lowest BCUT2D eigenvalue weighted by molar-refractivity contribution is -0.124. The van der Waals surface area contributed by atoms with Crippen LogP contribution in [-0.4, -0.2) is 37.8 Å². The summed E-state index contributed by atoms with van der Waals surface area (Å²) in [5, 5.41) is 2.76. The van der Waals surface area contributed by atoms with Gasteiger partial charge in [-0.25, -0.2) is 12.8 Å². The average molecular weight is 342 g/mol. The predicted molar refractivity (Wildman–Crippen MR) is 85.9 cm³/mol. The van der Waals surface area contributed by atoms with E-state index in [9.17, 15) is 17.6 Å². The van der Waals surface area contributed by atoms with Gasteiger partial charge in [0, 0.05) is 13.1 Å². The molecule has 1 fully saturated rings. The van der Waals surface area contributed by atoms with Crippen LogP contribution >= 0.6 is 0 Å². The predicted octanol–water partition coefficient (Wildman–Crippen LogP) is 2.06. The van der Waals surface area contributed by atoms with Gasteiger partial charge in [0.05, 0.1) is 4.90 Å².